The number of aromatic nitrogens is 2. The van der Waals surface area contributed by atoms with Crippen molar-refractivity contribution < 1.29 is 14.0 Å². The largest absolute Gasteiger partial charge is 0.378 e. The monoisotopic (exact) mass is 492 g/mol. The molecule has 2 fully saturated rings. The second kappa shape index (κ2) is 10.3. The first-order chi connectivity index (χ1) is 17.4. The average molecular weight is 493 g/mol. The number of fused-ring (bicyclic) bond motifs is 1. The lowest BCUT2D eigenvalue weighted by molar-refractivity contribution is -0.134. The van der Waals surface area contributed by atoms with Crippen LogP contribution >= 0.6 is 0 Å². The molecule has 2 aliphatic rings. The average Bonchev–Trinajstić information content (AvgIpc) is 2.92. The lowest BCUT2D eigenvalue weighted by Gasteiger charge is -2.37. The molecule has 2 aliphatic heterocycles. The van der Waals surface area contributed by atoms with Gasteiger partial charge in [-0.25, -0.2) is 4.98 Å². The van der Waals surface area contributed by atoms with Gasteiger partial charge < -0.3 is 19.4 Å². The van der Waals surface area contributed by atoms with E-state index in [1.54, 1.807) is 12.4 Å². The smallest absolute Gasteiger partial charge is 0.225 e. The summed E-state index contributed by atoms with van der Waals surface area (Å²) in [6.45, 7) is 11.2. The van der Waals surface area contributed by atoms with E-state index in [9.17, 15) is 4.79 Å². The summed E-state index contributed by atoms with van der Waals surface area (Å²) in [5.41, 5.74) is 3.21. The summed E-state index contributed by atoms with van der Waals surface area (Å²) in [4.78, 5) is 27.9. The van der Waals surface area contributed by atoms with Crippen molar-refractivity contribution in [2.45, 2.75) is 20.8 Å². The Morgan fingerprint density at radius 3 is 2.47 bits per heavy atom. The molecule has 3 aromatic rings. The number of piperazine rings is 1. The van der Waals surface area contributed by atoms with Crippen LogP contribution in [0.3, 0.4) is 0 Å². The molecule has 0 unspecified atom stereocenters. The van der Waals surface area contributed by atoms with E-state index >= 15 is 4.48 Å². The highest BCUT2D eigenvalue weighted by atomic mass is 19.2. The minimum atomic E-state index is -0.0226. The van der Waals surface area contributed by atoms with E-state index in [1.807, 2.05) is 56.0 Å². The van der Waals surface area contributed by atoms with Gasteiger partial charge in [0.15, 0.2) is 0 Å². The number of morpholine rings is 1. The van der Waals surface area contributed by atoms with Gasteiger partial charge in [0, 0.05) is 56.1 Å². The maximum atomic E-state index is 16.3. The highest BCUT2D eigenvalue weighted by Gasteiger charge is 2.27. The zero-order chi connectivity index (χ0) is 25.2. The molecule has 0 saturated carbocycles. The third-order valence-electron chi connectivity index (χ3n) is 6.97. The van der Waals surface area contributed by atoms with Crippen LogP contribution in [-0.2, 0) is 9.53 Å². The maximum absolute atomic E-state index is 16.3. The number of rotatable bonds is 5. The Hall–Kier alpha value is -3.46. The van der Waals surface area contributed by atoms with Gasteiger partial charge in [0.05, 0.1) is 48.2 Å². The highest BCUT2D eigenvalue weighted by molar-refractivity contribution is 5.97. The van der Waals surface area contributed by atoms with Crippen LogP contribution in [0.25, 0.3) is 10.9 Å². The van der Waals surface area contributed by atoms with Gasteiger partial charge in [-0.05, 0) is 19.1 Å². The number of hydrogen-bond acceptors (Lipinski definition) is 7. The number of benzene rings is 1. The summed E-state index contributed by atoms with van der Waals surface area (Å²) < 4.78 is 21.7. The summed E-state index contributed by atoms with van der Waals surface area (Å²) in [6, 6.07) is 9.47. The fourth-order valence-electron chi connectivity index (χ4n) is 4.99. The first-order valence-electron chi connectivity index (χ1n) is 12.6. The van der Waals surface area contributed by atoms with Crippen molar-refractivity contribution in [2.24, 2.45) is 5.92 Å². The van der Waals surface area contributed by atoms with Gasteiger partial charge in [-0.15, -0.1) is 0 Å². The molecule has 1 aromatic carbocycles. The van der Waals surface area contributed by atoms with Crippen molar-refractivity contribution >= 4 is 39.7 Å². The number of amides is 1. The number of para-hydroxylation sites is 1. The Balaban J connectivity index is 1.49. The molecule has 5 rings (SSSR count). The number of carbonyl (C=O) groups is 1. The third-order valence-corrected chi connectivity index (χ3v) is 6.97. The molecule has 4 heterocycles. The number of pyridine rings is 2. The lowest BCUT2D eigenvalue weighted by atomic mass is 10.1. The number of carbonyl (C=O) groups excluding carboxylic acids is 1. The Kier molecular flexibility index (Phi) is 6.91. The van der Waals surface area contributed by atoms with Gasteiger partial charge in [-0.3, -0.25) is 9.78 Å². The van der Waals surface area contributed by atoms with Crippen LogP contribution < -0.4 is 14.9 Å². The van der Waals surface area contributed by atoms with Gasteiger partial charge in [0.2, 0.25) is 5.91 Å². The standard InChI is InChI=1S/C27H33FN6O2/c1-19(2)27(35)33-10-8-32(9-11-33)26-20(3)25(23-6-4-5-7-24(23)30-26)34(28)22-16-21(17-29-18-22)31-12-14-36-15-13-31/h4-7,16-19H,8-15H2,1-3H3. The fraction of sp³-hybridized carbons (Fsp3) is 0.444. The molecule has 0 aliphatic carbocycles. The topological polar surface area (TPSA) is 65.0 Å². The Morgan fingerprint density at radius 1 is 1.03 bits per heavy atom. The summed E-state index contributed by atoms with van der Waals surface area (Å²) in [6.07, 6.45) is 3.32. The number of nitrogens with zero attached hydrogens (tertiary/aromatic N) is 6. The lowest BCUT2D eigenvalue weighted by Crippen LogP contribution is -2.50. The molecule has 0 radical (unpaired) electrons. The van der Waals surface area contributed by atoms with Crippen molar-refractivity contribution in [3.05, 3.63) is 48.3 Å². The first kappa shape index (κ1) is 24.2. The van der Waals surface area contributed by atoms with Crippen molar-refractivity contribution in [1.82, 2.24) is 14.9 Å². The van der Waals surface area contributed by atoms with Crippen LogP contribution in [-0.4, -0.2) is 73.3 Å². The molecular weight excluding hydrogens is 459 g/mol. The first-order valence-corrected chi connectivity index (χ1v) is 12.6. The van der Waals surface area contributed by atoms with E-state index in [1.165, 1.54) is 0 Å². The zero-order valence-electron chi connectivity index (χ0n) is 21.2. The minimum Gasteiger partial charge on any atom is -0.378 e. The van der Waals surface area contributed by atoms with Crippen LogP contribution in [0.4, 0.5) is 27.4 Å². The van der Waals surface area contributed by atoms with E-state index in [-0.39, 0.29) is 11.8 Å². The van der Waals surface area contributed by atoms with Crippen LogP contribution in [0.2, 0.25) is 0 Å². The predicted octanol–water partition coefficient (Wildman–Crippen LogP) is 4.10. The van der Waals surface area contributed by atoms with Crippen molar-refractivity contribution in [1.29, 1.82) is 0 Å². The molecule has 8 nitrogen and oxygen atoms in total. The van der Waals surface area contributed by atoms with Gasteiger partial charge in [-0.1, -0.05) is 36.5 Å². The molecule has 9 heteroatoms. The summed E-state index contributed by atoms with van der Waals surface area (Å²) in [5.74, 6) is 0.895. The molecule has 36 heavy (non-hydrogen) atoms. The van der Waals surface area contributed by atoms with Crippen LogP contribution in [0.5, 0.6) is 0 Å². The van der Waals surface area contributed by atoms with Crippen LogP contribution in [0.15, 0.2) is 42.7 Å². The van der Waals surface area contributed by atoms with Gasteiger partial charge in [0.1, 0.15) is 5.82 Å². The van der Waals surface area contributed by atoms with Crippen molar-refractivity contribution in [3.63, 3.8) is 0 Å². The molecule has 0 atom stereocenters. The van der Waals surface area contributed by atoms with E-state index < -0.39 is 0 Å². The van der Waals surface area contributed by atoms with Gasteiger partial charge in [-0.2, -0.15) is 5.12 Å². The summed E-state index contributed by atoms with van der Waals surface area (Å²) >= 11 is 0. The van der Waals surface area contributed by atoms with E-state index in [0.29, 0.717) is 50.8 Å². The molecule has 0 N–H and O–H groups in total. The van der Waals surface area contributed by atoms with Crippen molar-refractivity contribution in [3.8, 4) is 0 Å². The molecule has 2 saturated heterocycles. The second-order valence-electron chi connectivity index (χ2n) is 9.67. The summed E-state index contributed by atoms with van der Waals surface area (Å²) in [7, 11) is 0. The predicted molar refractivity (Wildman–Crippen MR) is 141 cm³/mol. The Labute approximate surface area is 211 Å². The number of anilines is 4. The fourth-order valence-corrected chi connectivity index (χ4v) is 4.99. The zero-order valence-corrected chi connectivity index (χ0v) is 21.2. The van der Waals surface area contributed by atoms with Gasteiger partial charge in [0.25, 0.3) is 0 Å². The molecular formula is C27H33FN6O2. The van der Waals surface area contributed by atoms with E-state index in [4.69, 9.17) is 9.72 Å². The number of ether oxygens (including phenoxy) is 1. The van der Waals surface area contributed by atoms with Gasteiger partial charge >= 0.3 is 0 Å². The van der Waals surface area contributed by atoms with E-state index in [2.05, 4.69) is 14.8 Å². The van der Waals surface area contributed by atoms with Crippen LogP contribution in [0.1, 0.15) is 19.4 Å². The van der Waals surface area contributed by atoms with Crippen LogP contribution in [0, 0.1) is 12.8 Å². The number of hydrogen-bond donors (Lipinski definition) is 0. The summed E-state index contributed by atoms with van der Waals surface area (Å²) in [5, 5.41) is 1.48. The second-order valence-corrected chi connectivity index (χ2v) is 9.67. The molecule has 0 spiro atoms. The Morgan fingerprint density at radius 2 is 1.75 bits per heavy atom. The normalized spacial score (nSPS) is 16.6. The third kappa shape index (κ3) is 4.67. The van der Waals surface area contributed by atoms with Crippen molar-refractivity contribution in [2.75, 3.05) is 67.4 Å². The SMILES string of the molecule is Cc1c(N2CCN(C(=O)C(C)C)CC2)nc2ccccc2c1N(F)c1cncc(N2CCOCC2)c1. The molecule has 1 amide bonds. The molecule has 190 valence electrons. The minimum absolute atomic E-state index is 0.0226. The highest BCUT2D eigenvalue weighted by Crippen LogP contribution is 2.40. The quantitative estimate of drug-likeness (QED) is 0.497. The maximum Gasteiger partial charge on any atom is 0.225 e. The molecule has 0 bridgehead atoms. The number of halogens is 1. The molecule has 2 aromatic heterocycles. The van der Waals surface area contributed by atoms with E-state index in [0.717, 1.165) is 46.2 Å². The Bertz CT molecular complexity index is 1240.